The van der Waals surface area contributed by atoms with Crippen LogP contribution in [0, 0.1) is 0 Å². The predicted molar refractivity (Wildman–Crippen MR) is 162 cm³/mol. The topological polar surface area (TPSA) is 111 Å². The molecule has 0 atom stereocenters. The van der Waals surface area contributed by atoms with E-state index in [4.69, 9.17) is 19.7 Å². The van der Waals surface area contributed by atoms with Crippen LogP contribution in [-0.4, -0.2) is 70.6 Å². The average molecular weight is 663 g/mol. The molecule has 0 aromatic carbocycles. The van der Waals surface area contributed by atoms with Crippen LogP contribution in [0.5, 0.6) is 0 Å². The van der Waals surface area contributed by atoms with Crippen LogP contribution < -0.4 is 11.1 Å². The Morgan fingerprint density at radius 3 is 1.57 bits per heavy atom. The zero-order valence-electron chi connectivity index (χ0n) is 23.5. The van der Waals surface area contributed by atoms with E-state index in [1.54, 1.807) is 6.08 Å². The summed E-state index contributed by atoms with van der Waals surface area (Å²) < 4.78 is 11.7. The number of nitrogens with two attached hydrogens (primary N) is 1. The van der Waals surface area contributed by atoms with Crippen LogP contribution in [0.15, 0.2) is 24.3 Å². The highest BCUT2D eigenvalue weighted by Gasteiger charge is 2.37. The molecule has 0 saturated heterocycles. The Bertz CT molecular complexity index is 645. The Hall–Kier alpha value is -0.306. The van der Waals surface area contributed by atoms with Gasteiger partial charge in [0.25, 0.3) is 0 Å². The Kier molecular flexibility index (Phi) is 22.1. The molecule has 4 N–H and O–H groups in total. The van der Waals surface area contributed by atoms with Gasteiger partial charge in [0.15, 0.2) is 16.6 Å². The summed E-state index contributed by atoms with van der Waals surface area (Å²) in [5.74, 6) is -0.970. The predicted octanol–water partition coefficient (Wildman–Crippen LogP) is 6.06. The molecular formula is C24H50Br2N2O5Si2. The minimum Gasteiger partial charge on any atom is -0.478 e. The van der Waals surface area contributed by atoms with E-state index in [2.05, 4.69) is 105 Å². The van der Waals surface area contributed by atoms with Crippen molar-refractivity contribution >= 4 is 60.4 Å². The van der Waals surface area contributed by atoms with Gasteiger partial charge in [-0.05, 0) is 42.3 Å². The van der Waals surface area contributed by atoms with E-state index in [1.165, 1.54) is 12.2 Å². The maximum Gasteiger partial charge on any atom is 0.328 e. The van der Waals surface area contributed by atoms with Crippen molar-refractivity contribution in [2.24, 2.45) is 5.73 Å². The van der Waals surface area contributed by atoms with E-state index in [0.29, 0.717) is 42.0 Å². The van der Waals surface area contributed by atoms with Crippen molar-refractivity contribution in [1.82, 2.24) is 5.32 Å². The summed E-state index contributed by atoms with van der Waals surface area (Å²) in [4.78, 5) is 20.9. The molecule has 0 fully saturated rings. The van der Waals surface area contributed by atoms with Gasteiger partial charge in [-0.25, -0.2) is 4.79 Å². The summed E-state index contributed by atoms with van der Waals surface area (Å²) in [5, 5.41) is 12.5. The summed E-state index contributed by atoms with van der Waals surface area (Å²) in [6.45, 7) is 24.7. The quantitative estimate of drug-likeness (QED) is 0.107. The maximum absolute atomic E-state index is 11.3. The van der Waals surface area contributed by atoms with Gasteiger partial charge in [-0.3, -0.25) is 4.79 Å². The molecule has 0 aromatic rings. The molecule has 208 valence electrons. The SMILES string of the molecule is CC(C)(C)[Si](C)(C)OCCN.CC(C)(C)[Si](C)(C)OCCNC(=O)/C=C/CBr.O=C(O)/C=C/CBr. The van der Waals surface area contributed by atoms with E-state index < -0.39 is 22.6 Å². The van der Waals surface area contributed by atoms with Gasteiger partial charge in [0, 0.05) is 36.4 Å². The fourth-order valence-corrected chi connectivity index (χ4v) is 4.06. The highest BCUT2D eigenvalue weighted by molar-refractivity contribution is 9.09. The number of alkyl halides is 2. The van der Waals surface area contributed by atoms with Gasteiger partial charge in [0.1, 0.15) is 0 Å². The van der Waals surface area contributed by atoms with E-state index in [-0.39, 0.29) is 10.9 Å². The van der Waals surface area contributed by atoms with Gasteiger partial charge < -0.3 is 25.0 Å². The van der Waals surface area contributed by atoms with Crippen LogP contribution in [0.2, 0.25) is 36.3 Å². The molecule has 7 nitrogen and oxygen atoms in total. The highest BCUT2D eigenvalue weighted by atomic mass is 79.9. The van der Waals surface area contributed by atoms with Gasteiger partial charge in [0.05, 0.1) is 6.61 Å². The number of carboxylic acid groups (broad SMARTS) is 1. The van der Waals surface area contributed by atoms with Crippen molar-refractivity contribution in [3.63, 3.8) is 0 Å². The number of carbonyl (C=O) groups is 2. The lowest BCUT2D eigenvalue weighted by Gasteiger charge is -2.36. The number of aliphatic carboxylic acids is 1. The molecule has 0 heterocycles. The third-order valence-corrected chi connectivity index (χ3v) is 15.6. The molecule has 0 aromatic heterocycles. The van der Waals surface area contributed by atoms with Crippen LogP contribution >= 0.6 is 31.9 Å². The smallest absolute Gasteiger partial charge is 0.328 e. The Balaban J connectivity index is -0.000000486. The number of amides is 1. The first-order chi connectivity index (χ1) is 15.8. The van der Waals surface area contributed by atoms with E-state index in [1.807, 2.05) is 0 Å². The molecule has 0 saturated carbocycles. The van der Waals surface area contributed by atoms with Crippen LogP contribution in [0.1, 0.15) is 41.5 Å². The lowest BCUT2D eigenvalue weighted by molar-refractivity contribution is -0.131. The molecule has 11 heteroatoms. The first-order valence-corrected chi connectivity index (χ1v) is 19.8. The Morgan fingerprint density at radius 2 is 1.26 bits per heavy atom. The molecule has 0 radical (unpaired) electrons. The number of carbonyl (C=O) groups excluding carboxylic acids is 1. The second-order valence-electron chi connectivity index (χ2n) is 10.7. The minimum absolute atomic E-state index is 0.0664. The van der Waals surface area contributed by atoms with Crippen molar-refractivity contribution in [1.29, 1.82) is 0 Å². The van der Waals surface area contributed by atoms with Crippen molar-refractivity contribution in [3.8, 4) is 0 Å². The van der Waals surface area contributed by atoms with Gasteiger partial charge in [-0.15, -0.1) is 0 Å². The molecular weight excluding hydrogens is 612 g/mol. The van der Waals surface area contributed by atoms with Crippen molar-refractivity contribution in [3.05, 3.63) is 24.3 Å². The van der Waals surface area contributed by atoms with Crippen LogP contribution in [-0.2, 0) is 18.4 Å². The summed E-state index contributed by atoms with van der Waals surface area (Å²) in [6, 6.07) is 0. The normalized spacial score (nSPS) is 12.6. The molecule has 35 heavy (non-hydrogen) atoms. The second kappa shape index (κ2) is 19.8. The fourth-order valence-electron chi connectivity index (χ4n) is 1.58. The minimum atomic E-state index is -1.68. The van der Waals surface area contributed by atoms with Gasteiger partial charge in [-0.2, -0.15) is 0 Å². The number of hydrogen-bond acceptors (Lipinski definition) is 5. The summed E-state index contributed by atoms with van der Waals surface area (Å²) in [7, 11) is -3.18. The van der Waals surface area contributed by atoms with Gasteiger partial charge >= 0.3 is 5.97 Å². The van der Waals surface area contributed by atoms with Crippen LogP contribution in [0.4, 0.5) is 0 Å². The molecule has 1 amide bonds. The van der Waals surface area contributed by atoms with Crippen LogP contribution in [0.3, 0.4) is 0 Å². The molecule has 0 aliphatic heterocycles. The van der Waals surface area contributed by atoms with Gasteiger partial charge in [0.2, 0.25) is 5.91 Å². The zero-order valence-corrected chi connectivity index (χ0v) is 28.6. The van der Waals surface area contributed by atoms with E-state index in [0.717, 1.165) is 6.08 Å². The molecule has 0 aliphatic carbocycles. The molecule has 0 unspecified atom stereocenters. The monoisotopic (exact) mass is 660 g/mol. The largest absolute Gasteiger partial charge is 0.478 e. The molecule has 0 aliphatic rings. The summed E-state index contributed by atoms with van der Waals surface area (Å²) >= 11 is 6.25. The third kappa shape index (κ3) is 22.6. The first kappa shape index (κ1) is 39.2. The van der Waals surface area contributed by atoms with E-state index >= 15 is 0 Å². The van der Waals surface area contributed by atoms with Crippen molar-refractivity contribution in [2.75, 3.05) is 37.0 Å². The lowest BCUT2D eigenvalue weighted by Crippen LogP contribution is -2.42. The highest BCUT2D eigenvalue weighted by Crippen LogP contribution is 2.37. The lowest BCUT2D eigenvalue weighted by atomic mass is 10.2. The number of carboxylic acids is 1. The van der Waals surface area contributed by atoms with Crippen molar-refractivity contribution in [2.45, 2.75) is 77.8 Å². The van der Waals surface area contributed by atoms with E-state index in [9.17, 15) is 9.59 Å². The first-order valence-electron chi connectivity index (χ1n) is 11.7. The van der Waals surface area contributed by atoms with Gasteiger partial charge in [-0.1, -0.05) is 85.6 Å². The standard InChI is InChI=1S/C12H24BrNO2Si.C8H21NOSi.C4H5BrO2/c1-12(2,3)17(4,5)16-10-9-14-11(15)7-6-8-13;1-8(2,3)11(4,5)10-7-6-9;5-3-1-2-4(6)7/h6-7H,8-10H2,1-5H3,(H,14,15);6-7,9H2,1-5H3;1-2H,3H2,(H,6,7)/b7-6+;;2-1+. The Labute approximate surface area is 233 Å². The number of nitrogens with one attached hydrogen (secondary N) is 1. The second-order valence-corrected chi connectivity index (χ2v) is 21.7. The maximum atomic E-state index is 11.3. The van der Waals surface area contributed by atoms with Crippen molar-refractivity contribution < 1.29 is 23.5 Å². The Morgan fingerprint density at radius 1 is 0.857 bits per heavy atom. The van der Waals surface area contributed by atoms with Crippen LogP contribution in [0.25, 0.3) is 0 Å². The fraction of sp³-hybridized carbons (Fsp3) is 0.750. The molecule has 0 bridgehead atoms. The zero-order chi connectivity index (χ0) is 28.3. The summed E-state index contributed by atoms with van der Waals surface area (Å²) in [6.07, 6.45) is 5.90. The number of allylic oxidation sites excluding steroid dienone is 2. The summed E-state index contributed by atoms with van der Waals surface area (Å²) in [5.41, 5.74) is 5.38. The number of rotatable bonds is 11. The number of halogens is 2. The molecule has 0 rings (SSSR count). The molecule has 0 spiro atoms. The number of hydrogen-bond donors (Lipinski definition) is 3. The average Bonchev–Trinajstić information content (AvgIpc) is 2.71. The third-order valence-electron chi connectivity index (χ3n) is 5.77.